The first kappa shape index (κ1) is 9.15. The molecule has 2 aromatic rings. The van der Waals surface area contributed by atoms with Gasteiger partial charge in [-0.2, -0.15) is 0 Å². The highest BCUT2D eigenvalue weighted by atomic mass is 32.1. The third-order valence-corrected chi connectivity index (χ3v) is 2.77. The summed E-state index contributed by atoms with van der Waals surface area (Å²) >= 11 is 1.62. The van der Waals surface area contributed by atoms with E-state index in [1.54, 1.807) is 23.7 Å². The molecule has 0 saturated heterocycles. The van der Waals surface area contributed by atoms with Crippen molar-refractivity contribution >= 4 is 11.3 Å². The summed E-state index contributed by atoms with van der Waals surface area (Å²) in [5.41, 5.74) is 1.82. The van der Waals surface area contributed by atoms with Crippen LogP contribution in [0, 0.1) is 6.92 Å². The van der Waals surface area contributed by atoms with Gasteiger partial charge in [0.05, 0.1) is 5.01 Å². The van der Waals surface area contributed by atoms with Gasteiger partial charge in [-0.15, -0.1) is 11.3 Å². The molecule has 4 heteroatoms. The quantitative estimate of drug-likeness (QED) is 0.813. The largest absolute Gasteiger partial charge is 0.329 e. The average molecular weight is 206 g/mol. The molecular formula is C10H10N2OS. The van der Waals surface area contributed by atoms with E-state index < -0.39 is 0 Å². The first-order chi connectivity index (χ1) is 6.75. The van der Waals surface area contributed by atoms with Crippen LogP contribution in [0.1, 0.15) is 16.1 Å². The summed E-state index contributed by atoms with van der Waals surface area (Å²) in [6.45, 7) is 1.81. The van der Waals surface area contributed by atoms with Crippen LogP contribution in [-0.4, -0.2) is 9.97 Å². The molecule has 3 nitrogen and oxygen atoms in total. The van der Waals surface area contributed by atoms with Gasteiger partial charge in [0, 0.05) is 29.8 Å². The van der Waals surface area contributed by atoms with Gasteiger partial charge in [-0.05, 0) is 18.6 Å². The zero-order chi connectivity index (χ0) is 9.97. The van der Waals surface area contributed by atoms with Gasteiger partial charge in [0.2, 0.25) is 0 Å². The standard InChI is InChI=1S/C10H10N2OS/c1-7-4-8(6-12-10(7)13)5-9-11-2-3-14-9/h2-4,6H,5H2,1H3,(H,12,13). The summed E-state index contributed by atoms with van der Waals surface area (Å²) in [5, 5.41) is 3.02. The smallest absolute Gasteiger partial charge is 0.250 e. The number of pyridine rings is 1. The lowest BCUT2D eigenvalue weighted by molar-refractivity contribution is 1.07. The summed E-state index contributed by atoms with van der Waals surface area (Å²) < 4.78 is 0. The van der Waals surface area contributed by atoms with E-state index in [4.69, 9.17) is 0 Å². The molecule has 0 aromatic carbocycles. The Morgan fingerprint density at radius 3 is 3.07 bits per heavy atom. The number of nitrogens with zero attached hydrogens (tertiary/aromatic N) is 1. The first-order valence-electron chi connectivity index (χ1n) is 4.32. The van der Waals surface area contributed by atoms with Crippen molar-refractivity contribution in [2.45, 2.75) is 13.3 Å². The lowest BCUT2D eigenvalue weighted by Gasteiger charge is -1.98. The molecular weight excluding hydrogens is 196 g/mol. The number of H-pyrrole nitrogens is 1. The minimum atomic E-state index is -0.0205. The molecule has 0 aliphatic rings. The fourth-order valence-electron chi connectivity index (χ4n) is 1.27. The number of nitrogens with one attached hydrogen (secondary N) is 1. The Bertz CT molecular complexity index is 473. The van der Waals surface area contributed by atoms with Gasteiger partial charge in [-0.3, -0.25) is 4.79 Å². The van der Waals surface area contributed by atoms with E-state index in [1.807, 2.05) is 18.4 Å². The molecule has 14 heavy (non-hydrogen) atoms. The fourth-order valence-corrected chi connectivity index (χ4v) is 1.92. The van der Waals surface area contributed by atoms with Crippen LogP contribution in [0.3, 0.4) is 0 Å². The third kappa shape index (κ3) is 1.90. The molecule has 0 fully saturated rings. The number of aromatic nitrogens is 2. The molecule has 0 saturated carbocycles. The SMILES string of the molecule is Cc1cc(Cc2nccs2)c[nH]c1=O. The van der Waals surface area contributed by atoms with Crippen LogP contribution in [0.15, 0.2) is 28.6 Å². The second-order valence-electron chi connectivity index (χ2n) is 3.12. The van der Waals surface area contributed by atoms with Crippen molar-refractivity contribution in [2.75, 3.05) is 0 Å². The molecule has 0 atom stereocenters. The maximum Gasteiger partial charge on any atom is 0.250 e. The molecule has 0 radical (unpaired) electrons. The van der Waals surface area contributed by atoms with Gasteiger partial charge in [0.1, 0.15) is 0 Å². The van der Waals surface area contributed by atoms with Crippen molar-refractivity contribution in [2.24, 2.45) is 0 Å². The van der Waals surface area contributed by atoms with Gasteiger partial charge in [0.25, 0.3) is 5.56 Å². The highest BCUT2D eigenvalue weighted by molar-refractivity contribution is 7.09. The molecule has 72 valence electrons. The number of thiazole rings is 1. The van der Waals surface area contributed by atoms with E-state index in [9.17, 15) is 4.79 Å². The highest BCUT2D eigenvalue weighted by Crippen LogP contribution is 2.10. The highest BCUT2D eigenvalue weighted by Gasteiger charge is 2.00. The summed E-state index contributed by atoms with van der Waals surface area (Å²) in [5.74, 6) is 0. The maximum absolute atomic E-state index is 11.1. The topological polar surface area (TPSA) is 45.8 Å². The Morgan fingerprint density at radius 2 is 2.43 bits per heavy atom. The number of aryl methyl sites for hydroxylation is 1. The predicted molar refractivity (Wildman–Crippen MR) is 56.7 cm³/mol. The van der Waals surface area contributed by atoms with Crippen LogP contribution in [0.25, 0.3) is 0 Å². The van der Waals surface area contributed by atoms with E-state index in [0.29, 0.717) is 0 Å². The molecule has 0 bridgehead atoms. The predicted octanol–water partition coefficient (Wildman–Crippen LogP) is 1.73. The Labute approximate surface area is 85.5 Å². The number of aromatic amines is 1. The number of rotatable bonds is 2. The average Bonchev–Trinajstić information content (AvgIpc) is 2.64. The second-order valence-corrected chi connectivity index (χ2v) is 4.10. The monoisotopic (exact) mass is 206 g/mol. The normalized spacial score (nSPS) is 10.4. The van der Waals surface area contributed by atoms with Crippen LogP contribution in [0.5, 0.6) is 0 Å². The zero-order valence-electron chi connectivity index (χ0n) is 7.78. The Morgan fingerprint density at radius 1 is 1.57 bits per heavy atom. The van der Waals surface area contributed by atoms with Crippen molar-refractivity contribution in [1.82, 2.24) is 9.97 Å². The fraction of sp³-hybridized carbons (Fsp3) is 0.200. The molecule has 2 heterocycles. The van der Waals surface area contributed by atoms with Crippen LogP contribution in [-0.2, 0) is 6.42 Å². The van der Waals surface area contributed by atoms with Gasteiger partial charge in [-0.25, -0.2) is 4.98 Å². The molecule has 0 aliphatic carbocycles. The molecule has 0 unspecified atom stereocenters. The Hall–Kier alpha value is -1.42. The van der Waals surface area contributed by atoms with E-state index in [-0.39, 0.29) is 5.56 Å². The Kier molecular flexibility index (Phi) is 2.45. The number of hydrogen-bond donors (Lipinski definition) is 1. The summed E-state index contributed by atoms with van der Waals surface area (Å²) in [4.78, 5) is 18.0. The maximum atomic E-state index is 11.1. The lowest BCUT2D eigenvalue weighted by Crippen LogP contribution is -2.09. The Balaban J connectivity index is 2.26. The van der Waals surface area contributed by atoms with Crippen LogP contribution < -0.4 is 5.56 Å². The lowest BCUT2D eigenvalue weighted by atomic mass is 10.2. The molecule has 1 N–H and O–H groups in total. The van der Waals surface area contributed by atoms with Crippen LogP contribution >= 0.6 is 11.3 Å². The second kappa shape index (κ2) is 3.75. The van der Waals surface area contributed by atoms with Crippen LogP contribution in [0.4, 0.5) is 0 Å². The van der Waals surface area contributed by atoms with Crippen molar-refractivity contribution in [3.05, 3.63) is 50.3 Å². The molecule has 0 spiro atoms. The van der Waals surface area contributed by atoms with E-state index >= 15 is 0 Å². The minimum absolute atomic E-state index is 0.0205. The van der Waals surface area contributed by atoms with Crippen LogP contribution in [0.2, 0.25) is 0 Å². The summed E-state index contributed by atoms with van der Waals surface area (Å²) in [6, 6.07) is 1.90. The molecule has 2 aromatic heterocycles. The van der Waals surface area contributed by atoms with E-state index in [0.717, 1.165) is 22.6 Å². The zero-order valence-corrected chi connectivity index (χ0v) is 8.60. The molecule has 0 aliphatic heterocycles. The summed E-state index contributed by atoms with van der Waals surface area (Å²) in [7, 11) is 0. The molecule has 0 amide bonds. The summed E-state index contributed by atoms with van der Waals surface area (Å²) in [6.07, 6.45) is 4.32. The van der Waals surface area contributed by atoms with Gasteiger partial charge in [-0.1, -0.05) is 0 Å². The minimum Gasteiger partial charge on any atom is -0.329 e. The van der Waals surface area contributed by atoms with Crippen molar-refractivity contribution in [3.63, 3.8) is 0 Å². The van der Waals surface area contributed by atoms with Gasteiger partial charge < -0.3 is 4.98 Å². The van der Waals surface area contributed by atoms with E-state index in [1.165, 1.54) is 0 Å². The third-order valence-electron chi connectivity index (χ3n) is 1.99. The van der Waals surface area contributed by atoms with Gasteiger partial charge in [0.15, 0.2) is 0 Å². The van der Waals surface area contributed by atoms with Gasteiger partial charge >= 0.3 is 0 Å². The van der Waals surface area contributed by atoms with Crippen molar-refractivity contribution in [1.29, 1.82) is 0 Å². The van der Waals surface area contributed by atoms with Crippen molar-refractivity contribution in [3.8, 4) is 0 Å². The van der Waals surface area contributed by atoms with Crippen molar-refractivity contribution < 1.29 is 0 Å². The first-order valence-corrected chi connectivity index (χ1v) is 5.20. The number of hydrogen-bond acceptors (Lipinski definition) is 3. The van der Waals surface area contributed by atoms with E-state index in [2.05, 4.69) is 9.97 Å². The molecule has 2 rings (SSSR count).